The van der Waals surface area contributed by atoms with E-state index in [-0.39, 0.29) is 0 Å². The Kier molecular flexibility index (Phi) is 15.2. The van der Waals surface area contributed by atoms with Crippen LogP contribution in [0, 0.1) is 6.92 Å². The van der Waals surface area contributed by atoms with Gasteiger partial charge in [0.25, 0.3) is 0 Å². The summed E-state index contributed by atoms with van der Waals surface area (Å²) in [6.45, 7) is 10.6. The van der Waals surface area contributed by atoms with Gasteiger partial charge >= 0.3 is 0 Å². The quantitative estimate of drug-likeness (QED) is 0.102. The minimum atomic E-state index is 0.361. The Hall–Kier alpha value is -5.51. The van der Waals surface area contributed by atoms with Crippen LogP contribution >= 0.6 is 8.58 Å². The third-order valence-electron chi connectivity index (χ3n) is 9.13. The number of hydrogen-bond donors (Lipinski definition) is 2. The molecular formula is C49H52N3OP. The Bertz CT molecular complexity index is 2050. The molecule has 0 fully saturated rings. The molecule has 5 heteroatoms. The van der Waals surface area contributed by atoms with Gasteiger partial charge in [-0.15, -0.1) is 0 Å². The van der Waals surface area contributed by atoms with E-state index in [1.807, 2.05) is 42.5 Å². The second-order valence-electron chi connectivity index (χ2n) is 13.0. The van der Waals surface area contributed by atoms with Crippen molar-refractivity contribution in [1.82, 2.24) is 5.43 Å². The summed E-state index contributed by atoms with van der Waals surface area (Å²) in [7, 11) is 2.45. The van der Waals surface area contributed by atoms with Crippen LogP contribution in [-0.2, 0) is 6.42 Å². The van der Waals surface area contributed by atoms with Gasteiger partial charge in [0, 0.05) is 17.3 Å². The number of allylic oxidation sites excluding steroid dienone is 5. The minimum Gasteiger partial charge on any atom is -0.453 e. The molecule has 3 atom stereocenters. The first-order chi connectivity index (χ1) is 26.4. The summed E-state index contributed by atoms with van der Waals surface area (Å²) in [4.78, 5) is 2.27. The molecule has 3 N–H and O–H groups in total. The molecule has 6 aromatic carbocycles. The van der Waals surface area contributed by atoms with E-state index in [1.165, 1.54) is 33.1 Å². The molecule has 0 spiro atoms. The van der Waals surface area contributed by atoms with E-state index >= 15 is 0 Å². The summed E-state index contributed by atoms with van der Waals surface area (Å²) in [6, 6.07) is 55.1. The number of hydrogen-bond acceptors (Lipinski definition) is 4. The summed E-state index contributed by atoms with van der Waals surface area (Å²) in [5, 5.41) is 1.42. The molecule has 274 valence electrons. The van der Waals surface area contributed by atoms with E-state index in [2.05, 4.69) is 183 Å². The van der Waals surface area contributed by atoms with Crippen LogP contribution in [0.4, 0.5) is 17.1 Å². The number of nitrogens with one attached hydrogen (secondary N) is 1. The third kappa shape index (κ3) is 11.0. The first kappa shape index (κ1) is 39.7. The van der Waals surface area contributed by atoms with Crippen molar-refractivity contribution < 1.29 is 4.74 Å². The minimum absolute atomic E-state index is 0.361. The van der Waals surface area contributed by atoms with E-state index in [0.29, 0.717) is 11.6 Å². The Labute approximate surface area is 324 Å². The molecule has 0 radical (unpaired) electrons. The number of para-hydroxylation sites is 4. The molecular weight excluding hydrogens is 678 g/mol. The molecule has 3 unspecified atom stereocenters. The number of ether oxygens (including phenoxy) is 1. The van der Waals surface area contributed by atoms with Crippen molar-refractivity contribution in [3.63, 3.8) is 0 Å². The lowest BCUT2D eigenvalue weighted by atomic mass is 9.93. The zero-order chi connectivity index (χ0) is 38.1. The molecule has 2 aliphatic rings. The SMILES string of the molecule is C=C1C=CC=CC1Pc1ccc(CC)cc1.CC(c1ccccc1)c1ccc(N2c3ccccc3Oc3ccccc32)cc1.CNN.Cc1ccccc1. The lowest BCUT2D eigenvalue weighted by molar-refractivity contribution is 0.477. The fraction of sp³-hybridized carbons (Fsp3) is 0.143. The van der Waals surface area contributed by atoms with Crippen molar-refractivity contribution in [3.8, 4) is 11.5 Å². The predicted molar refractivity (Wildman–Crippen MR) is 235 cm³/mol. The smallest absolute Gasteiger partial charge is 0.151 e. The number of benzene rings is 6. The summed E-state index contributed by atoms with van der Waals surface area (Å²) >= 11 is 0. The maximum Gasteiger partial charge on any atom is 0.151 e. The van der Waals surface area contributed by atoms with Crippen molar-refractivity contribution in [3.05, 3.63) is 216 Å². The van der Waals surface area contributed by atoms with E-state index < -0.39 is 0 Å². The van der Waals surface area contributed by atoms with Crippen molar-refractivity contribution in [2.24, 2.45) is 5.84 Å². The number of aryl methyl sites for hydroxylation is 2. The molecule has 0 aromatic heterocycles. The van der Waals surface area contributed by atoms with Gasteiger partial charge < -0.3 is 9.64 Å². The van der Waals surface area contributed by atoms with Crippen molar-refractivity contribution in [1.29, 1.82) is 0 Å². The first-order valence-electron chi connectivity index (χ1n) is 18.5. The van der Waals surface area contributed by atoms with Gasteiger partial charge in [-0.1, -0.05) is 180 Å². The number of fused-ring (bicyclic) bond motifs is 2. The second-order valence-corrected chi connectivity index (χ2v) is 14.5. The number of nitrogens with zero attached hydrogens (tertiary/aromatic N) is 1. The highest BCUT2D eigenvalue weighted by Crippen LogP contribution is 2.50. The topological polar surface area (TPSA) is 50.5 Å². The highest BCUT2D eigenvalue weighted by atomic mass is 31.1. The van der Waals surface area contributed by atoms with Gasteiger partial charge in [-0.05, 0) is 84.4 Å². The molecule has 0 saturated heterocycles. The van der Waals surface area contributed by atoms with Crippen LogP contribution in [0.15, 0.2) is 194 Å². The normalized spacial score (nSPS) is 14.2. The van der Waals surface area contributed by atoms with E-state index in [1.54, 1.807) is 7.05 Å². The zero-order valence-corrected chi connectivity index (χ0v) is 32.8. The van der Waals surface area contributed by atoms with Crippen LogP contribution in [0.1, 0.15) is 42.0 Å². The molecule has 8 rings (SSSR count). The molecule has 1 aliphatic heterocycles. The predicted octanol–water partition coefficient (Wildman–Crippen LogP) is 12.1. The van der Waals surface area contributed by atoms with Gasteiger partial charge in [0.05, 0.1) is 11.4 Å². The monoisotopic (exact) mass is 729 g/mol. The molecule has 1 heterocycles. The van der Waals surface area contributed by atoms with Gasteiger partial charge in [-0.2, -0.15) is 0 Å². The second kappa shape index (κ2) is 20.7. The van der Waals surface area contributed by atoms with Crippen LogP contribution in [-0.4, -0.2) is 12.7 Å². The fourth-order valence-corrected chi connectivity index (χ4v) is 7.31. The Morgan fingerprint density at radius 1 is 0.704 bits per heavy atom. The Morgan fingerprint density at radius 3 is 1.74 bits per heavy atom. The molecule has 0 amide bonds. The highest BCUT2D eigenvalue weighted by molar-refractivity contribution is 7.48. The molecule has 6 aromatic rings. The Morgan fingerprint density at radius 2 is 1.22 bits per heavy atom. The Balaban J connectivity index is 0.000000180. The van der Waals surface area contributed by atoms with Crippen LogP contribution in [0.5, 0.6) is 11.5 Å². The van der Waals surface area contributed by atoms with Gasteiger partial charge in [-0.3, -0.25) is 11.3 Å². The maximum atomic E-state index is 6.11. The summed E-state index contributed by atoms with van der Waals surface area (Å²) in [6.07, 6.45) is 9.64. The average Bonchev–Trinajstić information content (AvgIpc) is 3.22. The highest BCUT2D eigenvalue weighted by Gasteiger charge is 2.25. The molecule has 54 heavy (non-hydrogen) atoms. The number of anilines is 3. The van der Waals surface area contributed by atoms with Crippen LogP contribution < -0.4 is 26.2 Å². The summed E-state index contributed by atoms with van der Waals surface area (Å²) < 4.78 is 6.11. The molecule has 1 aliphatic carbocycles. The molecule has 0 saturated carbocycles. The van der Waals surface area contributed by atoms with Crippen molar-refractivity contribution >= 4 is 30.9 Å². The number of nitrogens with two attached hydrogens (primary N) is 1. The largest absolute Gasteiger partial charge is 0.453 e. The van der Waals surface area contributed by atoms with E-state index in [0.717, 1.165) is 43.6 Å². The van der Waals surface area contributed by atoms with Crippen molar-refractivity contribution in [2.45, 2.75) is 38.8 Å². The van der Waals surface area contributed by atoms with Gasteiger partial charge in [0.15, 0.2) is 11.5 Å². The van der Waals surface area contributed by atoms with Gasteiger partial charge in [0.1, 0.15) is 0 Å². The summed E-state index contributed by atoms with van der Waals surface area (Å²) in [5.74, 6) is 6.71. The molecule has 0 bridgehead atoms. The average molecular weight is 730 g/mol. The van der Waals surface area contributed by atoms with Crippen LogP contribution in [0.2, 0.25) is 0 Å². The van der Waals surface area contributed by atoms with Crippen molar-refractivity contribution in [2.75, 3.05) is 11.9 Å². The maximum absolute atomic E-state index is 6.11. The molecule has 4 nitrogen and oxygen atoms in total. The summed E-state index contributed by atoms with van der Waals surface area (Å²) in [5.41, 5.74) is 12.6. The fourth-order valence-electron chi connectivity index (χ4n) is 6.10. The number of hydrazine groups is 1. The van der Waals surface area contributed by atoms with E-state index in [4.69, 9.17) is 4.74 Å². The lowest BCUT2D eigenvalue weighted by Gasteiger charge is -2.32. The van der Waals surface area contributed by atoms with Gasteiger partial charge in [-0.25, -0.2) is 0 Å². The van der Waals surface area contributed by atoms with Gasteiger partial charge in [0.2, 0.25) is 0 Å². The van der Waals surface area contributed by atoms with Crippen LogP contribution in [0.3, 0.4) is 0 Å². The standard InChI is InChI=1S/C26H21NO.C15H17P.C7H8.CH6N2/c1-19(20-9-3-2-4-10-20)21-15-17-22(18-16-21)27-23-11-5-7-13-25(23)28-26-14-8-6-12-24(26)27;1-3-13-8-10-14(11-9-13)16-15-7-5-4-6-12(15)2;1-7-5-3-2-4-6-7;1-3-2/h2-19H,1H3;4-11,15-16H,2-3H2,1H3;2-6H,1H3;3H,2H2,1H3. The zero-order valence-electron chi connectivity index (χ0n) is 31.8. The van der Waals surface area contributed by atoms with E-state index in [9.17, 15) is 0 Å². The lowest BCUT2D eigenvalue weighted by Crippen LogP contribution is -2.15. The third-order valence-corrected chi connectivity index (χ3v) is 10.7. The number of rotatable bonds is 6. The first-order valence-corrected chi connectivity index (χ1v) is 19.6. The van der Waals surface area contributed by atoms with Crippen LogP contribution in [0.25, 0.3) is 0 Å².